The highest BCUT2D eigenvalue weighted by atomic mass is 16.6. The van der Waals surface area contributed by atoms with E-state index in [1.54, 1.807) is 12.4 Å². The molecule has 0 amide bonds. The highest BCUT2D eigenvalue weighted by Gasteiger charge is 2.11. The molecular formula is C4H14N4O3+2. The van der Waals surface area contributed by atoms with Crippen LogP contribution in [0.4, 0.5) is 0 Å². The van der Waals surface area contributed by atoms with Crippen molar-refractivity contribution in [2.45, 2.75) is 0 Å². The van der Waals surface area contributed by atoms with Crippen molar-refractivity contribution in [3.63, 3.8) is 0 Å². The van der Waals surface area contributed by atoms with Gasteiger partial charge in [-0.1, -0.05) is 0 Å². The molecule has 0 rings (SSSR count). The van der Waals surface area contributed by atoms with Gasteiger partial charge in [0.2, 0.25) is 0 Å². The number of nitrogens with zero attached hydrogens (tertiary/aromatic N) is 3. The Kier molecular flexibility index (Phi) is 5.13. The maximum atomic E-state index is 8.69. The van der Waals surface area contributed by atoms with Gasteiger partial charge in [-0.05, 0) is 0 Å². The lowest BCUT2D eigenvalue weighted by atomic mass is 10.6. The smallest absolute Gasteiger partial charge is 0.271 e. The molecule has 11 heavy (non-hydrogen) atoms. The zero-order valence-corrected chi connectivity index (χ0v) is 6.38. The summed E-state index contributed by atoms with van der Waals surface area (Å²) < 4.78 is 0. The Morgan fingerprint density at radius 1 is 1.64 bits per heavy atom. The largest absolute Gasteiger partial charge is 0.357 e. The number of quaternary nitrogens is 1. The van der Waals surface area contributed by atoms with Crippen LogP contribution >= 0.6 is 0 Å². The third-order valence-electron chi connectivity index (χ3n) is 1.17. The first-order valence-electron chi connectivity index (χ1n) is 3.20. The van der Waals surface area contributed by atoms with Crippen LogP contribution in [0.5, 0.6) is 0 Å². The quantitative estimate of drug-likeness (QED) is 0.120. The molecule has 0 aliphatic rings. The van der Waals surface area contributed by atoms with Crippen molar-refractivity contribution in [3.05, 3.63) is 0 Å². The molecule has 0 aromatic carbocycles. The van der Waals surface area contributed by atoms with Crippen LogP contribution in [0.15, 0.2) is 5.28 Å². The molecule has 0 atom stereocenters. The number of hydrazine groups is 1. The summed E-state index contributed by atoms with van der Waals surface area (Å²) in [6, 6.07) is 0. The number of likely N-dealkylation sites (N-methyl/N-ethyl adjacent to an activating group) is 1. The molecule has 0 bridgehead atoms. The van der Waals surface area contributed by atoms with Crippen molar-refractivity contribution in [1.29, 1.82) is 0 Å². The van der Waals surface area contributed by atoms with Crippen molar-refractivity contribution < 1.29 is 25.8 Å². The van der Waals surface area contributed by atoms with Crippen LogP contribution in [0.2, 0.25) is 0 Å². The summed E-state index contributed by atoms with van der Waals surface area (Å²) >= 11 is 0. The summed E-state index contributed by atoms with van der Waals surface area (Å²) in [5.41, 5.74) is 0. The van der Waals surface area contributed by atoms with Crippen LogP contribution in [-0.4, -0.2) is 52.4 Å². The molecule has 0 saturated carbocycles. The number of hydrogen-bond donors (Lipinski definition) is 4. The maximum Gasteiger partial charge on any atom is 0.271 e. The van der Waals surface area contributed by atoms with Gasteiger partial charge in [-0.25, -0.2) is 5.21 Å². The van der Waals surface area contributed by atoms with Crippen molar-refractivity contribution >= 4 is 0 Å². The van der Waals surface area contributed by atoms with Gasteiger partial charge in [-0.2, -0.15) is 0 Å². The summed E-state index contributed by atoms with van der Waals surface area (Å²) in [6.45, 7) is 1.09. The van der Waals surface area contributed by atoms with E-state index in [9.17, 15) is 0 Å². The summed E-state index contributed by atoms with van der Waals surface area (Å²) in [5.74, 6) is 0. The Labute approximate surface area is 64.1 Å². The first kappa shape index (κ1) is 9.92. The molecule has 0 saturated heterocycles. The lowest BCUT2D eigenvalue weighted by Gasteiger charge is -2.03. The summed E-state index contributed by atoms with van der Waals surface area (Å²) in [7, 11) is 1.55. The Bertz CT molecular complexity index is 129. The molecule has 7 heteroatoms. The van der Waals surface area contributed by atoms with Gasteiger partial charge in [-0.3, -0.25) is 0 Å². The fourth-order valence-corrected chi connectivity index (χ4v) is 0.527. The van der Waals surface area contributed by atoms with Crippen LogP contribution in [0.25, 0.3) is 0 Å². The molecule has 7 nitrogen and oxygen atoms in total. The molecule has 0 aliphatic carbocycles. The van der Waals surface area contributed by atoms with E-state index in [1.807, 2.05) is 0 Å². The molecule has 0 spiro atoms. The van der Waals surface area contributed by atoms with Crippen molar-refractivity contribution in [3.8, 4) is 0 Å². The normalized spacial score (nSPS) is 11.6. The van der Waals surface area contributed by atoms with Crippen LogP contribution in [0.3, 0.4) is 0 Å². The summed E-state index contributed by atoms with van der Waals surface area (Å²) in [5, 5.41) is 30.5. The van der Waals surface area contributed by atoms with E-state index in [4.69, 9.17) is 15.5 Å². The van der Waals surface area contributed by atoms with Crippen LogP contribution in [-0.2, 0) is 0 Å². The highest BCUT2D eigenvalue weighted by Crippen LogP contribution is 1.78. The lowest BCUT2D eigenvalue weighted by molar-refractivity contribution is -0.939. The van der Waals surface area contributed by atoms with E-state index in [-0.39, 0.29) is 6.73 Å². The molecule has 0 aliphatic heterocycles. The van der Waals surface area contributed by atoms with Crippen molar-refractivity contribution in [1.82, 2.24) is 5.01 Å². The first-order chi connectivity index (χ1) is 5.22. The second kappa shape index (κ2) is 5.69. The second-order valence-electron chi connectivity index (χ2n) is 2.00. The Hall–Kier alpha value is -1.08. The molecule has 0 aromatic heterocycles. The van der Waals surface area contributed by atoms with Crippen LogP contribution in [0.1, 0.15) is 0 Å². The van der Waals surface area contributed by atoms with Gasteiger partial charge in [0.05, 0.1) is 7.05 Å². The number of nitrogens with two attached hydrogens (primary N) is 1. The van der Waals surface area contributed by atoms with Crippen molar-refractivity contribution in [2.75, 3.05) is 26.9 Å². The predicted octanol–water partition coefficient (Wildman–Crippen LogP) is -2.41. The third kappa shape index (κ3) is 4.34. The Morgan fingerprint density at radius 2 is 2.27 bits per heavy atom. The highest BCUT2D eigenvalue weighted by molar-refractivity contribution is 4.26. The minimum Gasteiger partial charge on any atom is -0.357 e. The Balaban J connectivity index is 3.44. The molecule has 0 aromatic rings. The van der Waals surface area contributed by atoms with Gasteiger partial charge in [-0.15, -0.1) is 5.01 Å². The van der Waals surface area contributed by atoms with Gasteiger partial charge in [0.1, 0.15) is 13.1 Å². The third-order valence-corrected chi connectivity index (χ3v) is 1.17. The van der Waals surface area contributed by atoms with E-state index in [0.717, 1.165) is 0 Å². The van der Waals surface area contributed by atoms with E-state index < -0.39 is 0 Å². The topological polar surface area (TPSA) is 95.9 Å². The lowest BCUT2D eigenvalue weighted by Crippen LogP contribution is -2.85. The molecule has 66 valence electrons. The van der Waals surface area contributed by atoms with E-state index in [2.05, 4.69) is 5.28 Å². The predicted molar refractivity (Wildman–Crippen MR) is 32.8 cm³/mol. The fourth-order valence-electron chi connectivity index (χ4n) is 0.527. The fraction of sp³-hybridized carbons (Fsp3) is 1.00. The maximum absolute atomic E-state index is 8.69. The Morgan fingerprint density at radius 3 is 2.73 bits per heavy atom. The molecule has 0 unspecified atom stereocenters. The van der Waals surface area contributed by atoms with Gasteiger partial charge in [0, 0.05) is 0 Å². The van der Waals surface area contributed by atoms with Gasteiger partial charge < -0.3 is 15.6 Å². The second-order valence-corrected chi connectivity index (χ2v) is 2.00. The van der Waals surface area contributed by atoms with Crippen LogP contribution in [0, 0.1) is 0 Å². The zero-order chi connectivity index (χ0) is 8.69. The molecule has 0 radical (unpaired) electrons. The van der Waals surface area contributed by atoms with E-state index in [0.29, 0.717) is 18.1 Å². The molecule has 0 fully saturated rings. The molecule has 0 heterocycles. The minimum atomic E-state index is 0.00946. The van der Waals surface area contributed by atoms with Gasteiger partial charge in [0.15, 0.2) is 6.73 Å². The van der Waals surface area contributed by atoms with Crippen LogP contribution < -0.4 is 5.32 Å². The number of hydrogen-bond acceptors (Lipinski definition) is 2. The minimum absolute atomic E-state index is 0.00946. The monoisotopic (exact) mass is 166 g/mol. The van der Waals surface area contributed by atoms with E-state index in [1.165, 1.54) is 5.01 Å². The molecular weight excluding hydrogens is 152 g/mol. The van der Waals surface area contributed by atoms with Crippen molar-refractivity contribution in [2.24, 2.45) is 5.28 Å². The number of aliphatic hydroxyl groups excluding tert-OH is 1. The number of rotatable bonds is 5. The van der Waals surface area contributed by atoms with E-state index >= 15 is 0 Å². The average Bonchev–Trinajstić information content (AvgIpc) is 2.03. The average molecular weight is 166 g/mol. The van der Waals surface area contributed by atoms with Gasteiger partial charge >= 0.3 is 0 Å². The first-order valence-corrected chi connectivity index (χ1v) is 3.20. The van der Waals surface area contributed by atoms with Gasteiger partial charge in [0.25, 0.3) is 10.2 Å². The SMILES string of the molecule is CN(CC[NH2+]CO)/[N+](O)=N/O. The standard InChI is InChI=1S/C4H12N4O3/c1-7(8(11)6-10)3-2-5-4-9/h5,9,11H,2-4H2,1H3/p+2. The zero-order valence-electron chi connectivity index (χ0n) is 6.38. The number of aliphatic hydroxyl groups is 1. The summed E-state index contributed by atoms with van der Waals surface area (Å²) in [4.78, 5) is 0.325. The molecule has 5 N–H and O–H groups in total. The summed E-state index contributed by atoms with van der Waals surface area (Å²) in [6.07, 6.45) is 0.